The minimum Gasteiger partial charge on any atom is -0.381 e. The van der Waals surface area contributed by atoms with E-state index in [1.807, 2.05) is 12.1 Å². The van der Waals surface area contributed by atoms with Gasteiger partial charge in [-0.05, 0) is 65.8 Å². The summed E-state index contributed by atoms with van der Waals surface area (Å²) in [4.78, 5) is 17.0. The third kappa shape index (κ3) is 2.70. The van der Waals surface area contributed by atoms with Gasteiger partial charge in [-0.1, -0.05) is 23.7 Å². The van der Waals surface area contributed by atoms with Gasteiger partial charge in [0, 0.05) is 35.6 Å². The van der Waals surface area contributed by atoms with Crippen molar-refractivity contribution in [3.8, 4) is 0 Å². The lowest BCUT2D eigenvalue weighted by Crippen LogP contribution is -2.42. The molecule has 2 aliphatic heterocycles. The lowest BCUT2D eigenvalue weighted by Gasteiger charge is -2.37. The van der Waals surface area contributed by atoms with E-state index in [0.29, 0.717) is 5.91 Å². The molecule has 3 aliphatic rings. The van der Waals surface area contributed by atoms with E-state index in [2.05, 4.69) is 28.5 Å². The van der Waals surface area contributed by atoms with Gasteiger partial charge in [-0.15, -0.1) is 11.3 Å². The van der Waals surface area contributed by atoms with Crippen molar-refractivity contribution in [1.29, 1.82) is 0 Å². The van der Waals surface area contributed by atoms with Gasteiger partial charge in [0.1, 0.15) is 0 Å². The maximum Gasteiger partial charge on any atom is 0.227 e. The van der Waals surface area contributed by atoms with Crippen LogP contribution in [0.3, 0.4) is 0 Å². The topological polar surface area (TPSA) is 29.5 Å². The van der Waals surface area contributed by atoms with Crippen molar-refractivity contribution < 1.29 is 9.53 Å². The van der Waals surface area contributed by atoms with Crippen LogP contribution < -0.4 is 0 Å². The summed E-state index contributed by atoms with van der Waals surface area (Å²) in [6, 6.07) is 10.2. The molecule has 3 nitrogen and oxygen atoms in total. The second-order valence-electron chi connectivity index (χ2n) is 7.77. The van der Waals surface area contributed by atoms with Crippen LogP contribution in [0.1, 0.15) is 41.3 Å². The number of rotatable bonds is 2. The second-order valence-corrected chi connectivity index (χ2v) is 9.20. The number of ether oxygens (including phenoxy) is 1. The Labute approximate surface area is 162 Å². The third-order valence-corrected chi connectivity index (χ3v) is 7.66. The summed E-state index contributed by atoms with van der Waals surface area (Å²) in [5, 5.41) is 2.88. The minimum atomic E-state index is 0.0206. The highest BCUT2D eigenvalue weighted by molar-refractivity contribution is 7.10. The molecule has 0 bridgehead atoms. The van der Waals surface area contributed by atoms with Crippen molar-refractivity contribution in [3.63, 3.8) is 0 Å². The molecule has 2 fully saturated rings. The number of carbonyl (C=O) groups excluding carboxylic acids is 1. The number of hydrogen-bond donors (Lipinski definition) is 0. The van der Waals surface area contributed by atoms with Gasteiger partial charge in [0.15, 0.2) is 0 Å². The van der Waals surface area contributed by atoms with Gasteiger partial charge in [-0.2, -0.15) is 0 Å². The Morgan fingerprint density at radius 2 is 1.96 bits per heavy atom. The van der Waals surface area contributed by atoms with E-state index >= 15 is 0 Å². The van der Waals surface area contributed by atoms with E-state index in [4.69, 9.17) is 16.3 Å². The maximum absolute atomic E-state index is 13.5. The smallest absolute Gasteiger partial charge is 0.227 e. The SMILES string of the molecule is O=C(C1CC12CCOCC2)N1CCc2sccc2C1c1ccc(Cl)cc1. The average Bonchev–Trinajstić information content (AvgIpc) is 3.13. The number of fused-ring (bicyclic) bond motifs is 1. The highest BCUT2D eigenvalue weighted by Gasteiger charge is 2.59. The second kappa shape index (κ2) is 6.36. The molecule has 0 radical (unpaired) electrons. The normalized spacial score (nSPS) is 26.6. The number of amides is 1. The van der Waals surface area contributed by atoms with Crippen LogP contribution in [-0.2, 0) is 16.0 Å². The van der Waals surface area contributed by atoms with Crippen LogP contribution in [0.4, 0.5) is 0 Å². The molecule has 0 N–H and O–H groups in total. The molecule has 3 heterocycles. The van der Waals surface area contributed by atoms with E-state index in [0.717, 1.165) is 56.0 Å². The van der Waals surface area contributed by atoms with Gasteiger partial charge >= 0.3 is 0 Å². The van der Waals surface area contributed by atoms with Gasteiger partial charge < -0.3 is 9.64 Å². The summed E-state index contributed by atoms with van der Waals surface area (Å²) in [5.41, 5.74) is 2.66. The lowest BCUT2D eigenvalue weighted by atomic mass is 9.90. The Morgan fingerprint density at radius 1 is 1.19 bits per heavy atom. The zero-order valence-electron chi connectivity index (χ0n) is 14.6. The molecule has 2 unspecified atom stereocenters. The van der Waals surface area contributed by atoms with Crippen molar-refractivity contribution in [2.45, 2.75) is 31.7 Å². The van der Waals surface area contributed by atoms with Gasteiger partial charge in [0.05, 0.1) is 6.04 Å². The van der Waals surface area contributed by atoms with E-state index < -0.39 is 0 Å². The number of benzene rings is 1. The molecule has 1 aromatic heterocycles. The average molecular weight is 388 g/mol. The Bertz CT molecular complexity index is 825. The van der Waals surface area contributed by atoms with Crippen LogP contribution in [0.15, 0.2) is 35.7 Å². The highest BCUT2D eigenvalue weighted by atomic mass is 35.5. The quantitative estimate of drug-likeness (QED) is 0.747. The molecule has 136 valence electrons. The van der Waals surface area contributed by atoms with Crippen molar-refractivity contribution in [2.75, 3.05) is 19.8 Å². The van der Waals surface area contributed by atoms with Crippen molar-refractivity contribution >= 4 is 28.8 Å². The van der Waals surface area contributed by atoms with Gasteiger partial charge in [-0.3, -0.25) is 4.79 Å². The standard InChI is InChI=1S/C21H22ClNO2S/c22-15-3-1-14(2-4-15)19-16-6-12-26-18(16)5-9-23(19)20(24)17-13-21(17)7-10-25-11-8-21/h1-4,6,12,17,19H,5,7-11,13H2. The lowest BCUT2D eigenvalue weighted by molar-refractivity contribution is -0.136. The molecule has 1 saturated heterocycles. The summed E-state index contributed by atoms with van der Waals surface area (Å²) in [5.74, 6) is 0.519. The molecule has 1 aliphatic carbocycles. The largest absolute Gasteiger partial charge is 0.381 e. The predicted molar refractivity (Wildman–Crippen MR) is 104 cm³/mol. The number of hydrogen-bond acceptors (Lipinski definition) is 3. The Hall–Kier alpha value is -1.36. The molecule has 2 aromatic rings. The third-order valence-electron chi connectivity index (χ3n) is 6.41. The van der Waals surface area contributed by atoms with E-state index in [1.165, 1.54) is 10.4 Å². The molecular formula is C21H22ClNO2S. The Morgan fingerprint density at radius 3 is 2.73 bits per heavy atom. The summed E-state index contributed by atoms with van der Waals surface area (Å²) in [7, 11) is 0. The summed E-state index contributed by atoms with van der Waals surface area (Å²) >= 11 is 7.90. The van der Waals surface area contributed by atoms with Crippen LogP contribution in [0.2, 0.25) is 5.02 Å². The van der Waals surface area contributed by atoms with Crippen LogP contribution in [0.5, 0.6) is 0 Å². The van der Waals surface area contributed by atoms with Gasteiger partial charge in [0.25, 0.3) is 0 Å². The molecule has 1 saturated carbocycles. The van der Waals surface area contributed by atoms with Crippen LogP contribution >= 0.6 is 22.9 Å². The van der Waals surface area contributed by atoms with Crippen LogP contribution in [-0.4, -0.2) is 30.6 Å². The van der Waals surface area contributed by atoms with Gasteiger partial charge in [0.2, 0.25) is 5.91 Å². The molecule has 2 atom stereocenters. The number of halogens is 1. The fourth-order valence-electron chi connectivity index (χ4n) is 4.79. The Balaban J connectivity index is 1.47. The fraction of sp³-hybridized carbons (Fsp3) is 0.476. The maximum atomic E-state index is 13.5. The molecule has 26 heavy (non-hydrogen) atoms. The minimum absolute atomic E-state index is 0.0206. The van der Waals surface area contributed by atoms with E-state index in [1.54, 1.807) is 11.3 Å². The number of carbonyl (C=O) groups is 1. The van der Waals surface area contributed by atoms with E-state index in [9.17, 15) is 4.79 Å². The first-order valence-corrected chi connectivity index (χ1v) is 10.6. The fourth-order valence-corrected chi connectivity index (χ4v) is 5.82. The summed E-state index contributed by atoms with van der Waals surface area (Å²) in [6.07, 6.45) is 4.07. The monoisotopic (exact) mass is 387 g/mol. The molecule has 1 aromatic carbocycles. The highest BCUT2D eigenvalue weighted by Crippen LogP contribution is 2.60. The molecule has 5 rings (SSSR count). The molecule has 1 spiro atoms. The Kier molecular flexibility index (Phi) is 4.11. The molecular weight excluding hydrogens is 366 g/mol. The van der Waals surface area contributed by atoms with Crippen molar-refractivity contribution in [1.82, 2.24) is 4.90 Å². The van der Waals surface area contributed by atoms with Crippen LogP contribution in [0.25, 0.3) is 0 Å². The first-order chi connectivity index (χ1) is 12.7. The summed E-state index contributed by atoms with van der Waals surface area (Å²) in [6.45, 7) is 2.42. The molecule has 5 heteroatoms. The van der Waals surface area contributed by atoms with E-state index in [-0.39, 0.29) is 17.4 Å². The first-order valence-electron chi connectivity index (χ1n) is 9.38. The molecule has 1 amide bonds. The van der Waals surface area contributed by atoms with Gasteiger partial charge in [-0.25, -0.2) is 0 Å². The number of nitrogens with zero attached hydrogens (tertiary/aromatic N) is 1. The van der Waals surface area contributed by atoms with Crippen LogP contribution in [0, 0.1) is 11.3 Å². The number of thiophene rings is 1. The zero-order valence-corrected chi connectivity index (χ0v) is 16.2. The van der Waals surface area contributed by atoms with Crippen molar-refractivity contribution in [2.24, 2.45) is 11.3 Å². The predicted octanol–water partition coefficient (Wildman–Crippen LogP) is 4.69. The zero-order chi connectivity index (χ0) is 17.7. The van der Waals surface area contributed by atoms with Crippen molar-refractivity contribution in [3.05, 3.63) is 56.7 Å². The summed E-state index contributed by atoms with van der Waals surface area (Å²) < 4.78 is 5.52. The first kappa shape index (κ1) is 16.8.